The maximum atomic E-state index is 12.5. The van der Waals surface area contributed by atoms with Crippen molar-refractivity contribution in [2.24, 2.45) is 18.4 Å². The Balaban J connectivity index is 1.39. The molecule has 0 aromatic carbocycles. The fourth-order valence-electron chi connectivity index (χ4n) is 4.96. The Bertz CT molecular complexity index is 622. The number of hydrogen-bond donors (Lipinski definition) is 2. The highest BCUT2D eigenvalue weighted by Crippen LogP contribution is 2.62. The van der Waals surface area contributed by atoms with Crippen molar-refractivity contribution in [1.29, 1.82) is 0 Å². The van der Waals surface area contributed by atoms with Crippen LogP contribution in [-0.4, -0.2) is 34.6 Å². The van der Waals surface area contributed by atoms with Gasteiger partial charge in [-0.1, -0.05) is 6.42 Å². The number of hydrogen-bond acceptors (Lipinski definition) is 3. The minimum absolute atomic E-state index is 0.0447. The van der Waals surface area contributed by atoms with E-state index in [1.165, 1.54) is 19.3 Å². The number of urea groups is 1. The maximum absolute atomic E-state index is 12.5. The van der Waals surface area contributed by atoms with Crippen LogP contribution in [0.5, 0.6) is 0 Å². The first kappa shape index (κ1) is 15.0. The third-order valence-corrected chi connectivity index (χ3v) is 6.19. The third kappa shape index (κ3) is 2.18. The van der Waals surface area contributed by atoms with E-state index in [1.807, 2.05) is 27.1 Å². The number of aryl methyl sites for hydroxylation is 2. The number of rotatable bonds is 3. The van der Waals surface area contributed by atoms with Gasteiger partial charge in [-0.2, -0.15) is 5.10 Å². The molecule has 2 heterocycles. The molecule has 6 nitrogen and oxygen atoms in total. The second kappa shape index (κ2) is 5.23. The van der Waals surface area contributed by atoms with Crippen molar-refractivity contribution < 1.29 is 9.53 Å². The summed E-state index contributed by atoms with van der Waals surface area (Å²) in [7, 11) is 1.90. The zero-order valence-electron chi connectivity index (χ0n) is 14.1. The Hall–Kier alpha value is -1.56. The molecule has 1 saturated heterocycles. The summed E-state index contributed by atoms with van der Waals surface area (Å²) in [6, 6.07) is 0.171. The lowest BCUT2D eigenvalue weighted by Gasteiger charge is -2.63. The van der Waals surface area contributed by atoms with Crippen molar-refractivity contribution in [1.82, 2.24) is 20.4 Å². The van der Waals surface area contributed by atoms with Crippen LogP contribution in [0, 0.1) is 18.3 Å². The molecule has 4 atom stereocenters. The van der Waals surface area contributed by atoms with Gasteiger partial charge >= 0.3 is 6.03 Å². The van der Waals surface area contributed by atoms with Crippen LogP contribution >= 0.6 is 0 Å². The number of carbonyl (C=O) groups is 1. The normalized spacial score (nSPS) is 31.9. The Morgan fingerprint density at radius 2 is 2.30 bits per heavy atom. The highest BCUT2D eigenvalue weighted by atomic mass is 16.5. The van der Waals surface area contributed by atoms with Crippen LogP contribution in [0.25, 0.3) is 0 Å². The van der Waals surface area contributed by atoms with E-state index in [0.717, 1.165) is 24.3 Å². The summed E-state index contributed by atoms with van der Waals surface area (Å²) in [5, 5.41) is 10.7. The fraction of sp³-hybridized carbons (Fsp3) is 0.765. The van der Waals surface area contributed by atoms with Crippen molar-refractivity contribution >= 4 is 6.03 Å². The summed E-state index contributed by atoms with van der Waals surface area (Å²) in [5.74, 6) is 0.511. The minimum atomic E-state index is -0.0672. The summed E-state index contributed by atoms with van der Waals surface area (Å²) in [6.07, 6.45) is 7.08. The number of fused-ring (bicyclic) bond motifs is 2. The van der Waals surface area contributed by atoms with Gasteiger partial charge in [0.15, 0.2) is 0 Å². The Kier molecular flexibility index (Phi) is 3.41. The molecule has 0 bridgehead atoms. The standard InChI is InChI=1S/C17H26N4O2/c1-10(13-9-21(3)20-11(13)2)18-16(22)19-14-12-5-8-23-15(12)17(14)6-4-7-17/h9-10,12,14-15H,4-8H2,1-3H3,(H2,18,19,22)/t10-,12+,14+,15+/m0/s1. The summed E-state index contributed by atoms with van der Waals surface area (Å²) >= 11 is 0. The lowest BCUT2D eigenvalue weighted by Crippen LogP contribution is -2.72. The number of aromatic nitrogens is 2. The number of ether oxygens (including phenoxy) is 1. The number of amides is 2. The quantitative estimate of drug-likeness (QED) is 0.896. The highest BCUT2D eigenvalue weighted by molar-refractivity contribution is 5.75. The van der Waals surface area contributed by atoms with Gasteiger partial charge in [0.2, 0.25) is 0 Å². The van der Waals surface area contributed by atoms with Crippen LogP contribution in [0.3, 0.4) is 0 Å². The first-order valence-electron chi connectivity index (χ1n) is 8.70. The van der Waals surface area contributed by atoms with E-state index in [4.69, 9.17) is 4.74 Å². The van der Waals surface area contributed by atoms with Gasteiger partial charge in [-0.3, -0.25) is 4.68 Å². The van der Waals surface area contributed by atoms with Crippen LogP contribution < -0.4 is 10.6 Å². The van der Waals surface area contributed by atoms with E-state index < -0.39 is 0 Å². The topological polar surface area (TPSA) is 68.2 Å². The Morgan fingerprint density at radius 1 is 1.52 bits per heavy atom. The van der Waals surface area contributed by atoms with Crippen LogP contribution in [-0.2, 0) is 11.8 Å². The molecule has 2 N–H and O–H groups in total. The first-order chi connectivity index (χ1) is 11.0. The average Bonchev–Trinajstić information content (AvgIpc) is 2.99. The summed E-state index contributed by atoms with van der Waals surface area (Å²) in [6.45, 7) is 4.83. The molecule has 1 spiro atoms. The van der Waals surface area contributed by atoms with E-state index in [-0.39, 0.29) is 23.5 Å². The maximum Gasteiger partial charge on any atom is 0.315 e. The zero-order chi connectivity index (χ0) is 16.2. The van der Waals surface area contributed by atoms with Gasteiger partial charge in [-0.05, 0) is 33.1 Å². The number of nitrogens with zero attached hydrogens (tertiary/aromatic N) is 2. The molecule has 2 amide bonds. The second-order valence-corrected chi connectivity index (χ2v) is 7.49. The SMILES string of the molecule is Cc1nn(C)cc1[C@H](C)NC(=O)N[C@@H]1[C@H]2CCO[C@H]2C12CCC2. The molecule has 23 heavy (non-hydrogen) atoms. The summed E-state index contributed by atoms with van der Waals surface area (Å²) in [4.78, 5) is 12.5. The minimum Gasteiger partial charge on any atom is -0.377 e. The van der Waals surface area contributed by atoms with Crippen molar-refractivity contribution in [2.45, 2.75) is 57.7 Å². The molecule has 1 aromatic rings. The van der Waals surface area contributed by atoms with Crippen LogP contribution in [0.15, 0.2) is 6.20 Å². The molecule has 2 saturated carbocycles. The summed E-state index contributed by atoms with van der Waals surface area (Å²) in [5.41, 5.74) is 2.26. The van der Waals surface area contributed by atoms with Gasteiger partial charge in [0.05, 0.1) is 17.8 Å². The number of nitrogens with one attached hydrogen (secondary N) is 2. The molecule has 3 fully saturated rings. The zero-order valence-corrected chi connectivity index (χ0v) is 14.1. The van der Waals surface area contributed by atoms with E-state index in [1.54, 1.807) is 4.68 Å². The highest BCUT2D eigenvalue weighted by Gasteiger charge is 2.67. The molecule has 3 aliphatic rings. The molecule has 4 rings (SSSR count). The Labute approximate surface area is 137 Å². The van der Waals surface area contributed by atoms with Gasteiger partial charge in [-0.25, -0.2) is 4.79 Å². The fourth-order valence-corrected chi connectivity index (χ4v) is 4.96. The molecule has 2 aliphatic carbocycles. The predicted molar refractivity (Wildman–Crippen MR) is 85.9 cm³/mol. The largest absolute Gasteiger partial charge is 0.377 e. The predicted octanol–water partition coefficient (Wildman–Crippen LogP) is 2.05. The molecule has 0 radical (unpaired) electrons. The summed E-state index contributed by atoms with van der Waals surface area (Å²) < 4.78 is 7.70. The monoisotopic (exact) mass is 318 g/mol. The van der Waals surface area contributed by atoms with Gasteiger partial charge in [0.1, 0.15) is 0 Å². The van der Waals surface area contributed by atoms with Gasteiger partial charge in [0.25, 0.3) is 0 Å². The Morgan fingerprint density at radius 3 is 2.91 bits per heavy atom. The van der Waals surface area contributed by atoms with Crippen LogP contribution in [0.4, 0.5) is 4.79 Å². The molecule has 1 aliphatic heterocycles. The molecule has 6 heteroatoms. The smallest absolute Gasteiger partial charge is 0.315 e. The third-order valence-electron chi connectivity index (χ3n) is 6.19. The van der Waals surface area contributed by atoms with Crippen molar-refractivity contribution in [3.8, 4) is 0 Å². The average molecular weight is 318 g/mol. The van der Waals surface area contributed by atoms with Crippen molar-refractivity contribution in [2.75, 3.05) is 6.61 Å². The van der Waals surface area contributed by atoms with Crippen LogP contribution in [0.2, 0.25) is 0 Å². The first-order valence-corrected chi connectivity index (χ1v) is 8.70. The van der Waals surface area contributed by atoms with Gasteiger partial charge in [0, 0.05) is 42.8 Å². The van der Waals surface area contributed by atoms with E-state index in [2.05, 4.69) is 15.7 Å². The molecule has 126 valence electrons. The molecular weight excluding hydrogens is 292 g/mol. The molecule has 0 unspecified atom stereocenters. The van der Waals surface area contributed by atoms with E-state index in [9.17, 15) is 4.79 Å². The van der Waals surface area contributed by atoms with E-state index >= 15 is 0 Å². The lowest BCUT2D eigenvalue weighted by atomic mass is 9.46. The van der Waals surface area contributed by atoms with Gasteiger partial charge in [-0.15, -0.1) is 0 Å². The number of carbonyl (C=O) groups excluding carboxylic acids is 1. The van der Waals surface area contributed by atoms with E-state index in [0.29, 0.717) is 12.0 Å². The van der Waals surface area contributed by atoms with Gasteiger partial charge < -0.3 is 15.4 Å². The van der Waals surface area contributed by atoms with Crippen molar-refractivity contribution in [3.05, 3.63) is 17.5 Å². The van der Waals surface area contributed by atoms with Crippen molar-refractivity contribution in [3.63, 3.8) is 0 Å². The van der Waals surface area contributed by atoms with Crippen LogP contribution in [0.1, 0.15) is 49.9 Å². The molecule has 1 aromatic heterocycles. The lowest BCUT2D eigenvalue weighted by molar-refractivity contribution is -0.172. The molecular formula is C17H26N4O2. The second-order valence-electron chi connectivity index (χ2n) is 7.49.